The molecule has 0 saturated heterocycles. The zero-order chi connectivity index (χ0) is 14.0. The summed E-state index contributed by atoms with van der Waals surface area (Å²) in [4.78, 5) is 0. The van der Waals surface area contributed by atoms with Crippen molar-refractivity contribution in [3.8, 4) is 5.75 Å². The first kappa shape index (κ1) is 14.0. The molecule has 2 rings (SSSR count). The minimum Gasteiger partial charge on any atom is -0.496 e. The van der Waals surface area contributed by atoms with Crippen molar-refractivity contribution in [3.63, 3.8) is 0 Å². The van der Waals surface area contributed by atoms with Gasteiger partial charge in [-0.15, -0.1) is 0 Å². The van der Waals surface area contributed by atoms with E-state index in [4.69, 9.17) is 22.1 Å². The molecule has 0 amide bonds. The Balaban J connectivity index is 2.31. The molecule has 2 aromatic carbocycles. The molecule has 5 heteroatoms. The lowest BCUT2D eigenvalue weighted by atomic mass is 10.1. The quantitative estimate of drug-likeness (QED) is 0.792. The number of anilines is 3. The standard InChI is InChI=1S/C14H14BrClN2O/c1-8-5-12(17)11(16)7-13(8)18-9-3-4-14(19-2)10(15)6-9/h3-7,18H,17H2,1-2H3. The van der Waals surface area contributed by atoms with Crippen molar-refractivity contribution in [1.82, 2.24) is 0 Å². The van der Waals surface area contributed by atoms with Crippen molar-refractivity contribution in [3.05, 3.63) is 45.4 Å². The van der Waals surface area contributed by atoms with Crippen molar-refractivity contribution in [1.29, 1.82) is 0 Å². The predicted molar refractivity (Wildman–Crippen MR) is 84.6 cm³/mol. The second-order valence-corrected chi connectivity index (χ2v) is 5.42. The highest BCUT2D eigenvalue weighted by molar-refractivity contribution is 9.10. The largest absolute Gasteiger partial charge is 0.496 e. The normalized spacial score (nSPS) is 10.3. The molecule has 0 aliphatic carbocycles. The summed E-state index contributed by atoms with van der Waals surface area (Å²) in [5.74, 6) is 0.789. The molecule has 0 aromatic heterocycles. The van der Waals surface area contributed by atoms with E-state index in [0.717, 1.165) is 27.2 Å². The molecule has 0 aliphatic heterocycles. The number of halogens is 2. The summed E-state index contributed by atoms with van der Waals surface area (Å²) in [6.45, 7) is 1.98. The third kappa shape index (κ3) is 3.14. The third-order valence-electron chi connectivity index (χ3n) is 2.77. The summed E-state index contributed by atoms with van der Waals surface area (Å²) >= 11 is 9.49. The van der Waals surface area contributed by atoms with Crippen LogP contribution in [0.3, 0.4) is 0 Å². The van der Waals surface area contributed by atoms with E-state index in [9.17, 15) is 0 Å². The number of methoxy groups -OCH3 is 1. The molecule has 0 saturated carbocycles. The van der Waals surface area contributed by atoms with Gasteiger partial charge in [0, 0.05) is 11.4 Å². The molecule has 100 valence electrons. The molecule has 0 radical (unpaired) electrons. The summed E-state index contributed by atoms with van der Waals surface area (Å²) in [5.41, 5.74) is 9.25. The summed E-state index contributed by atoms with van der Waals surface area (Å²) in [6, 6.07) is 9.45. The van der Waals surface area contributed by atoms with E-state index in [1.54, 1.807) is 7.11 Å². The molecule has 2 aromatic rings. The Kier molecular flexibility index (Phi) is 4.22. The smallest absolute Gasteiger partial charge is 0.133 e. The van der Waals surface area contributed by atoms with Crippen LogP contribution in [0.15, 0.2) is 34.8 Å². The van der Waals surface area contributed by atoms with Crippen molar-refractivity contribution >= 4 is 44.6 Å². The van der Waals surface area contributed by atoms with Crippen LogP contribution in [0.25, 0.3) is 0 Å². The SMILES string of the molecule is COc1ccc(Nc2cc(Cl)c(N)cc2C)cc1Br. The van der Waals surface area contributed by atoms with E-state index in [-0.39, 0.29) is 0 Å². The lowest BCUT2D eigenvalue weighted by Crippen LogP contribution is -1.96. The van der Waals surface area contributed by atoms with E-state index in [1.807, 2.05) is 37.3 Å². The second-order valence-electron chi connectivity index (χ2n) is 4.16. The number of nitrogens with one attached hydrogen (secondary N) is 1. The number of benzene rings is 2. The minimum atomic E-state index is 0.542. The van der Waals surface area contributed by atoms with Crippen LogP contribution in [0, 0.1) is 6.92 Å². The fourth-order valence-corrected chi connectivity index (χ4v) is 2.44. The average Bonchev–Trinajstić information content (AvgIpc) is 2.36. The Labute approximate surface area is 125 Å². The monoisotopic (exact) mass is 340 g/mol. The molecule has 0 atom stereocenters. The van der Waals surface area contributed by atoms with Gasteiger partial charge < -0.3 is 15.8 Å². The summed E-state index contributed by atoms with van der Waals surface area (Å²) < 4.78 is 6.08. The maximum Gasteiger partial charge on any atom is 0.133 e. The Morgan fingerprint density at radius 2 is 2.00 bits per heavy atom. The van der Waals surface area contributed by atoms with Crippen LogP contribution < -0.4 is 15.8 Å². The van der Waals surface area contributed by atoms with Gasteiger partial charge >= 0.3 is 0 Å². The number of nitrogen functional groups attached to an aromatic ring is 1. The number of rotatable bonds is 3. The molecular formula is C14H14BrClN2O. The zero-order valence-electron chi connectivity index (χ0n) is 10.6. The molecule has 0 unspecified atom stereocenters. The molecule has 0 fully saturated rings. The molecule has 3 N–H and O–H groups in total. The van der Waals surface area contributed by atoms with Crippen LogP contribution in [0.1, 0.15) is 5.56 Å². The van der Waals surface area contributed by atoms with Gasteiger partial charge in [-0.1, -0.05) is 11.6 Å². The first-order valence-corrected chi connectivity index (χ1v) is 6.84. The van der Waals surface area contributed by atoms with Crippen molar-refractivity contribution in [2.75, 3.05) is 18.2 Å². The van der Waals surface area contributed by atoms with Crippen molar-refractivity contribution in [2.45, 2.75) is 6.92 Å². The Hall–Kier alpha value is -1.39. The van der Waals surface area contributed by atoms with Gasteiger partial charge in [0.15, 0.2) is 0 Å². The van der Waals surface area contributed by atoms with Gasteiger partial charge in [0.05, 0.1) is 22.3 Å². The summed E-state index contributed by atoms with van der Waals surface area (Å²) in [6.07, 6.45) is 0. The topological polar surface area (TPSA) is 47.3 Å². The van der Waals surface area contributed by atoms with Gasteiger partial charge in [-0.05, 0) is 58.7 Å². The van der Waals surface area contributed by atoms with E-state index >= 15 is 0 Å². The predicted octanol–water partition coefficient (Wildman–Crippen LogP) is 4.75. The number of hydrogen-bond donors (Lipinski definition) is 2. The van der Waals surface area contributed by atoms with Crippen LogP contribution in [0.2, 0.25) is 5.02 Å². The van der Waals surface area contributed by atoms with Gasteiger partial charge in [-0.25, -0.2) is 0 Å². The van der Waals surface area contributed by atoms with Crippen molar-refractivity contribution in [2.24, 2.45) is 0 Å². The fraction of sp³-hybridized carbons (Fsp3) is 0.143. The first-order valence-electron chi connectivity index (χ1n) is 5.67. The average molecular weight is 342 g/mol. The van der Waals surface area contributed by atoms with Gasteiger partial charge in [-0.3, -0.25) is 0 Å². The third-order valence-corrected chi connectivity index (χ3v) is 3.72. The number of ether oxygens (including phenoxy) is 1. The highest BCUT2D eigenvalue weighted by Gasteiger charge is 2.06. The van der Waals surface area contributed by atoms with Crippen LogP contribution in [0.5, 0.6) is 5.75 Å². The molecule has 3 nitrogen and oxygen atoms in total. The van der Waals surface area contributed by atoms with Crippen LogP contribution in [0.4, 0.5) is 17.1 Å². The first-order chi connectivity index (χ1) is 9.01. The molecule has 0 aliphatic rings. The Morgan fingerprint density at radius 3 is 2.63 bits per heavy atom. The highest BCUT2D eigenvalue weighted by atomic mass is 79.9. The van der Waals surface area contributed by atoms with Crippen LogP contribution >= 0.6 is 27.5 Å². The second kappa shape index (κ2) is 5.72. The fourth-order valence-electron chi connectivity index (χ4n) is 1.74. The molecule has 0 bridgehead atoms. The van der Waals surface area contributed by atoms with Gasteiger partial charge in [0.25, 0.3) is 0 Å². The number of nitrogens with two attached hydrogens (primary N) is 1. The zero-order valence-corrected chi connectivity index (χ0v) is 13.0. The molecule has 19 heavy (non-hydrogen) atoms. The van der Waals surface area contributed by atoms with E-state index in [2.05, 4.69) is 21.2 Å². The lowest BCUT2D eigenvalue weighted by Gasteiger charge is -2.12. The Bertz CT molecular complexity index is 617. The molecule has 0 heterocycles. The summed E-state index contributed by atoms with van der Waals surface area (Å²) in [5, 5.41) is 3.85. The summed E-state index contributed by atoms with van der Waals surface area (Å²) in [7, 11) is 1.64. The van der Waals surface area contributed by atoms with Gasteiger partial charge in [0.2, 0.25) is 0 Å². The minimum absolute atomic E-state index is 0.542. The van der Waals surface area contributed by atoms with Gasteiger partial charge in [-0.2, -0.15) is 0 Å². The van der Waals surface area contributed by atoms with Gasteiger partial charge in [0.1, 0.15) is 5.75 Å². The molecule has 0 spiro atoms. The Morgan fingerprint density at radius 1 is 1.26 bits per heavy atom. The van der Waals surface area contributed by atoms with E-state index in [0.29, 0.717) is 10.7 Å². The lowest BCUT2D eigenvalue weighted by molar-refractivity contribution is 0.412. The van der Waals surface area contributed by atoms with E-state index in [1.165, 1.54) is 0 Å². The van der Waals surface area contributed by atoms with Crippen molar-refractivity contribution < 1.29 is 4.74 Å². The number of aryl methyl sites for hydroxylation is 1. The highest BCUT2D eigenvalue weighted by Crippen LogP contribution is 2.32. The van der Waals surface area contributed by atoms with E-state index < -0.39 is 0 Å². The molecular weight excluding hydrogens is 328 g/mol. The van der Waals surface area contributed by atoms with Crippen LogP contribution in [-0.2, 0) is 0 Å². The van der Waals surface area contributed by atoms with Crippen LogP contribution in [-0.4, -0.2) is 7.11 Å². The number of hydrogen-bond acceptors (Lipinski definition) is 3. The maximum atomic E-state index is 6.04. The maximum absolute atomic E-state index is 6.04.